The third-order valence-electron chi connectivity index (χ3n) is 2.32. The van der Waals surface area contributed by atoms with Crippen molar-refractivity contribution in [2.45, 2.75) is 19.4 Å². The average molecular weight is 328 g/mol. The first-order chi connectivity index (χ1) is 7.90. The maximum atomic E-state index is 4.05. The highest BCUT2D eigenvalue weighted by molar-refractivity contribution is 14.1. The van der Waals surface area contributed by atoms with Crippen molar-refractivity contribution in [3.05, 3.63) is 41.7 Å². The molecule has 84 valence electrons. The Morgan fingerprint density at radius 3 is 2.75 bits per heavy atom. The Morgan fingerprint density at radius 2 is 2.00 bits per heavy atom. The zero-order chi connectivity index (χ0) is 11.2. The van der Waals surface area contributed by atoms with Crippen molar-refractivity contribution in [3.8, 4) is 0 Å². The van der Waals surface area contributed by atoms with Gasteiger partial charge >= 0.3 is 0 Å². The number of alkyl halides is 1. The van der Waals surface area contributed by atoms with Crippen LogP contribution in [0.5, 0.6) is 0 Å². The Labute approximate surface area is 108 Å². The molecule has 0 aliphatic rings. The molecular weight excluding hydrogens is 315 g/mol. The van der Waals surface area contributed by atoms with Crippen LogP contribution in [0, 0.1) is 0 Å². The summed E-state index contributed by atoms with van der Waals surface area (Å²) in [5.74, 6) is 0.973. The molecule has 0 aliphatic carbocycles. The summed E-state index contributed by atoms with van der Waals surface area (Å²) in [6.07, 6.45) is 2.07. The number of halogens is 1. The second-order valence-corrected chi connectivity index (χ2v) is 4.61. The highest BCUT2D eigenvalue weighted by Crippen LogP contribution is 2.05. The first-order valence-corrected chi connectivity index (χ1v) is 6.77. The smallest absolute Gasteiger partial charge is 0.151 e. The Morgan fingerprint density at radius 1 is 1.19 bits per heavy atom. The molecule has 1 aromatic carbocycles. The molecule has 0 N–H and O–H groups in total. The van der Waals surface area contributed by atoms with Crippen molar-refractivity contribution in [2.75, 3.05) is 4.43 Å². The van der Waals surface area contributed by atoms with E-state index in [2.05, 4.69) is 50.2 Å². The van der Waals surface area contributed by atoms with E-state index in [9.17, 15) is 0 Å². The average Bonchev–Trinajstić information content (AvgIpc) is 2.75. The van der Waals surface area contributed by atoms with E-state index in [0.29, 0.717) is 0 Å². The highest BCUT2D eigenvalue weighted by Gasteiger charge is 2.05. The van der Waals surface area contributed by atoms with Gasteiger partial charge in [0.15, 0.2) is 5.82 Å². The molecular formula is C11H13IN4. The topological polar surface area (TPSA) is 43.6 Å². The van der Waals surface area contributed by atoms with Crippen LogP contribution in [-0.2, 0) is 13.0 Å². The lowest BCUT2D eigenvalue weighted by Crippen LogP contribution is -2.07. The van der Waals surface area contributed by atoms with Crippen LogP contribution < -0.4 is 0 Å². The first kappa shape index (κ1) is 11.5. The van der Waals surface area contributed by atoms with Gasteiger partial charge in [-0.05, 0) is 26.8 Å². The number of benzene rings is 1. The minimum Gasteiger partial charge on any atom is -0.225 e. The maximum absolute atomic E-state index is 4.05. The SMILES string of the molecule is ICCCc1nnnn1Cc1ccccc1. The Kier molecular flexibility index (Phi) is 4.26. The van der Waals surface area contributed by atoms with Gasteiger partial charge in [0.1, 0.15) is 0 Å². The molecule has 0 radical (unpaired) electrons. The molecule has 0 bridgehead atoms. The summed E-state index contributed by atoms with van der Waals surface area (Å²) in [4.78, 5) is 0. The van der Waals surface area contributed by atoms with Crippen molar-refractivity contribution in [1.82, 2.24) is 20.2 Å². The molecule has 1 heterocycles. The van der Waals surface area contributed by atoms with Gasteiger partial charge in [-0.25, -0.2) is 4.68 Å². The number of rotatable bonds is 5. The van der Waals surface area contributed by atoms with Crippen molar-refractivity contribution in [3.63, 3.8) is 0 Å². The molecule has 0 saturated heterocycles. The number of tetrazole rings is 1. The Hall–Kier alpha value is -0.980. The van der Waals surface area contributed by atoms with Gasteiger partial charge < -0.3 is 0 Å². The fraction of sp³-hybridized carbons (Fsp3) is 0.364. The molecule has 0 aliphatic heterocycles. The minimum atomic E-state index is 0.754. The summed E-state index contributed by atoms with van der Waals surface area (Å²) in [6, 6.07) is 10.3. The number of hydrogen-bond donors (Lipinski definition) is 0. The maximum Gasteiger partial charge on any atom is 0.151 e. The van der Waals surface area contributed by atoms with Gasteiger partial charge in [0.25, 0.3) is 0 Å². The second-order valence-electron chi connectivity index (χ2n) is 3.53. The van der Waals surface area contributed by atoms with Crippen molar-refractivity contribution in [1.29, 1.82) is 0 Å². The van der Waals surface area contributed by atoms with Crippen LogP contribution in [0.25, 0.3) is 0 Å². The molecule has 0 unspecified atom stereocenters. The van der Waals surface area contributed by atoms with Gasteiger partial charge in [-0.1, -0.05) is 52.9 Å². The van der Waals surface area contributed by atoms with Gasteiger partial charge in [0.2, 0.25) is 0 Å². The molecule has 5 heteroatoms. The Bertz CT molecular complexity index is 427. The Balaban J connectivity index is 2.07. The van der Waals surface area contributed by atoms with Crippen molar-refractivity contribution >= 4 is 22.6 Å². The zero-order valence-electron chi connectivity index (χ0n) is 8.88. The summed E-state index contributed by atoms with van der Waals surface area (Å²) in [5, 5.41) is 11.8. The first-order valence-electron chi connectivity index (χ1n) is 5.25. The van der Waals surface area contributed by atoms with E-state index < -0.39 is 0 Å². The van der Waals surface area contributed by atoms with E-state index >= 15 is 0 Å². The molecule has 2 rings (SSSR count). The van der Waals surface area contributed by atoms with Gasteiger partial charge in [-0.15, -0.1) is 5.10 Å². The number of aromatic nitrogens is 4. The highest BCUT2D eigenvalue weighted by atomic mass is 127. The fourth-order valence-corrected chi connectivity index (χ4v) is 1.89. The van der Waals surface area contributed by atoms with E-state index in [1.165, 1.54) is 5.56 Å². The van der Waals surface area contributed by atoms with Gasteiger partial charge in [-0.3, -0.25) is 0 Å². The van der Waals surface area contributed by atoms with E-state index in [0.717, 1.165) is 29.6 Å². The van der Waals surface area contributed by atoms with Crippen LogP contribution in [0.15, 0.2) is 30.3 Å². The minimum absolute atomic E-state index is 0.754. The number of hydrogen-bond acceptors (Lipinski definition) is 3. The van der Waals surface area contributed by atoms with Crippen molar-refractivity contribution in [2.24, 2.45) is 0 Å². The molecule has 1 aromatic heterocycles. The molecule has 16 heavy (non-hydrogen) atoms. The lowest BCUT2D eigenvalue weighted by atomic mass is 10.2. The summed E-state index contributed by atoms with van der Waals surface area (Å²) >= 11 is 2.37. The summed E-state index contributed by atoms with van der Waals surface area (Å²) in [7, 11) is 0. The van der Waals surface area contributed by atoms with Crippen LogP contribution >= 0.6 is 22.6 Å². The van der Waals surface area contributed by atoms with E-state index in [1.807, 2.05) is 22.9 Å². The van der Waals surface area contributed by atoms with Gasteiger partial charge in [-0.2, -0.15) is 0 Å². The van der Waals surface area contributed by atoms with Crippen LogP contribution in [-0.4, -0.2) is 24.6 Å². The monoisotopic (exact) mass is 328 g/mol. The third-order valence-corrected chi connectivity index (χ3v) is 3.08. The largest absolute Gasteiger partial charge is 0.225 e. The predicted octanol–water partition coefficient (Wildman–Crippen LogP) is 2.09. The summed E-state index contributed by atoms with van der Waals surface area (Å²) in [6.45, 7) is 0.754. The molecule has 4 nitrogen and oxygen atoms in total. The second kappa shape index (κ2) is 5.93. The van der Waals surface area contributed by atoms with E-state index in [4.69, 9.17) is 0 Å². The van der Waals surface area contributed by atoms with Crippen LogP contribution in [0.4, 0.5) is 0 Å². The summed E-state index contributed by atoms with van der Waals surface area (Å²) in [5.41, 5.74) is 1.23. The quantitative estimate of drug-likeness (QED) is 0.624. The number of nitrogens with zero attached hydrogens (tertiary/aromatic N) is 4. The lowest BCUT2D eigenvalue weighted by Gasteiger charge is -2.03. The van der Waals surface area contributed by atoms with Crippen LogP contribution in [0.3, 0.4) is 0 Å². The number of aryl methyl sites for hydroxylation is 1. The fourth-order valence-electron chi connectivity index (χ4n) is 1.51. The molecule has 0 fully saturated rings. The predicted molar refractivity (Wildman–Crippen MR) is 70.6 cm³/mol. The van der Waals surface area contributed by atoms with Crippen molar-refractivity contribution < 1.29 is 0 Å². The normalized spacial score (nSPS) is 10.6. The summed E-state index contributed by atoms with van der Waals surface area (Å²) < 4.78 is 3.01. The van der Waals surface area contributed by atoms with Crippen LogP contribution in [0.1, 0.15) is 17.8 Å². The molecule has 0 amide bonds. The third kappa shape index (κ3) is 3.01. The zero-order valence-corrected chi connectivity index (χ0v) is 11.0. The van der Waals surface area contributed by atoms with Gasteiger partial charge in [0.05, 0.1) is 6.54 Å². The van der Waals surface area contributed by atoms with E-state index in [1.54, 1.807) is 0 Å². The van der Waals surface area contributed by atoms with E-state index in [-0.39, 0.29) is 0 Å². The van der Waals surface area contributed by atoms with Crippen LogP contribution in [0.2, 0.25) is 0 Å². The molecule has 0 spiro atoms. The molecule has 0 atom stereocenters. The molecule has 2 aromatic rings. The lowest BCUT2D eigenvalue weighted by molar-refractivity contribution is 0.614. The molecule has 0 saturated carbocycles. The van der Waals surface area contributed by atoms with Gasteiger partial charge in [0, 0.05) is 6.42 Å². The standard InChI is InChI=1S/C11H13IN4/c12-8-4-7-11-13-14-15-16(11)9-10-5-2-1-3-6-10/h1-3,5-6H,4,7-9H2.